The molecule has 2 aromatic rings. The first kappa shape index (κ1) is 16.8. The van der Waals surface area contributed by atoms with Crippen LogP contribution in [-0.4, -0.2) is 34.3 Å². The number of nitrogens with zero attached hydrogens (tertiary/aromatic N) is 2. The smallest absolute Gasteiger partial charge is 0.248 e. The molecule has 2 heterocycles. The zero-order valence-electron chi connectivity index (χ0n) is 14.9. The van der Waals surface area contributed by atoms with Crippen molar-refractivity contribution in [3.63, 3.8) is 0 Å². The number of carbonyl (C=O) groups excluding carboxylic acids is 2. The van der Waals surface area contributed by atoms with E-state index in [9.17, 15) is 9.59 Å². The van der Waals surface area contributed by atoms with Crippen molar-refractivity contribution < 1.29 is 9.59 Å². The lowest BCUT2D eigenvalue weighted by Gasteiger charge is -2.24. The monoisotopic (exact) mass is 349 g/mol. The van der Waals surface area contributed by atoms with Crippen molar-refractivity contribution in [3.8, 4) is 0 Å². The van der Waals surface area contributed by atoms with Gasteiger partial charge in [-0.1, -0.05) is 36.4 Å². The van der Waals surface area contributed by atoms with Gasteiger partial charge in [-0.3, -0.25) is 9.59 Å². The van der Waals surface area contributed by atoms with E-state index in [1.54, 1.807) is 11.0 Å². The molecule has 1 saturated heterocycles. The lowest BCUT2D eigenvalue weighted by atomic mass is 10.1. The van der Waals surface area contributed by atoms with Gasteiger partial charge in [0.15, 0.2) is 0 Å². The topological polar surface area (TPSA) is 62.3 Å². The van der Waals surface area contributed by atoms with Gasteiger partial charge >= 0.3 is 0 Å². The molecular weight excluding hydrogens is 326 g/mol. The molecule has 1 aliphatic heterocycles. The van der Waals surface area contributed by atoms with Crippen molar-refractivity contribution in [2.75, 3.05) is 11.9 Å². The summed E-state index contributed by atoms with van der Waals surface area (Å²) in [6, 6.07) is 15.3. The third-order valence-electron chi connectivity index (χ3n) is 5.31. The van der Waals surface area contributed by atoms with E-state index in [1.165, 1.54) is 5.56 Å². The number of amides is 2. The Morgan fingerprint density at radius 3 is 2.69 bits per heavy atom. The summed E-state index contributed by atoms with van der Waals surface area (Å²) in [4.78, 5) is 31.7. The van der Waals surface area contributed by atoms with Gasteiger partial charge in [0.05, 0.1) is 0 Å². The van der Waals surface area contributed by atoms with E-state index in [0.29, 0.717) is 24.7 Å². The Labute approximate surface area is 153 Å². The molecule has 1 aromatic heterocycles. The summed E-state index contributed by atoms with van der Waals surface area (Å²) in [7, 11) is 0. The van der Waals surface area contributed by atoms with E-state index in [1.807, 2.05) is 37.3 Å². The number of hydrogen-bond donors (Lipinski definition) is 1. The lowest BCUT2D eigenvalue weighted by molar-refractivity contribution is -0.137. The molecule has 1 N–H and O–H groups in total. The third kappa shape index (κ3) is 3.34. The second kappa shape index (κ2) is 6.90. The average Bonchev–Trinajstić information content (AvgIpc) is 3.29. The van der Waals surface area contributed by atoms with Gasteiger partial charge in [-0.15, -0.1) is 0 Å². The number of rotatable bonds is 4. The predicted octanol–water partition coefficient (Wildman–Crippen LogP) is 3.12. The Bertz CT molecular complexity index is 821. The van der Waals surface area contributed by atoms with Crippen LogP contribution in [0.3, 0.4) is 0 Å². The molecule has 1 aromatic carbocycles. The minimum atomic E-state index is -0.387. The number of aryl methyl sites for hydroxylation is 1. The van der Waals surface area contributed by atoms with Crippen LogP contribution in [0.15, 0.2) is 48.5 Å². The van der Waals surface area contributed by atoms with Gasteiger partial charge in [-0.25, -0.2) is 4.98 Å². The number of aromatic nitrogens is 1. The lowest BCUT2D eigenvalue weighted by Crippen LogP contribution is -2.44. The molecule has 0 spiro atoms. The minimum Gasteiger partial charge on any atom is -0.330 e. The van der Waals surface area contributed by atoms with E-state index in [4.69, 9.17) is 0 Å². The van der Waals surface area contributed by atoms with Gasteiger partial charge in [0, 0.05) is 18.2 Å². The average molecular weight is 349 g/mol. The fourth-order valence-corrected chi connectivity index (χ4v) is 3.87. The molecule has 5 heteroatoms. The Morgan fingerprint density at radius 2 is 1.92 bits per heavy atom. The van der Waals surface area contributed by atoms with Crippen molar-refractivity contribution in [1.29, 1.82) is 0 Å². The van der Waals surface area contributed by atoms with Crippen molar-refractivity contribution in [2.45, 2.75) is 38.1 Å². The van der Waals surface area contributed by atoms with Crippen molar-refractivity contribution in [1.82, 2.24) is 9.88 Å². The summed E-state index contributed by atoms with van der Waals surface area (Å²) in [5.41, 5.74) is 2.07. The molecule has 4 rings (SSSR count). The molecule has 0 bridgehead atoms. The maximum atomic E-state index is 12.9. The van der Waals surface area contributed by atoms with Gasteiger partial charge in [-0.05, 0) is 49.8 Å². The summed E-state index contributed by atoms with van der Waals surface area (Å²) < 4.78 is 0. The van der Waals surface area contributed by atoms with E-state index < -0.39 is 0 Å². The minimum absolute atomic E-state index is 0.0166. The number of pyridine rings is 1. The second-order valence-electron chi connectivity index (χ2n) is 7.20. The third-order valence-corrected chi connectivity index (χ3v) is 5.31. The Kier molecular flexibility index (Phi) is 4.45. The maximum Gasteiger partial charge on any atom is 0.248 e. The van der Waals surface area contributed by atoms with Crippen LogP contribution >= 0.6 is 0 Å². The van der Waals surface area contributed by atoms with Crippen LogP contribution in [0, 0.1) is 12.8 Å². The highest BCUT2D eigenvalue weighted by atomic mass is 16.2. The molecule has 2 fully saturated rings. The van der Waals surface area contributed by atoms with Crippen LogP contribution in [-0.2, 0) is 9.59 Å². The summed E-state index contributed by atoms with van der Waals surface area (Å²) in [5.74, 6) is 0.844. The first-order valence-corrected chi connectivity index (χ1v) is 9.23. The molecule has 2 amide bonds. The van der Waals surface area contributed by atoms with Gasteiger partial charge in [0.25, 0.3) is 0 Å². The standard InChI is InChI=1S/C21H23N3O2/c1-14-7-5-11-19(22-14)23-20(25)18-10-6-12-24(18)21(26)17-13-16(17)15-8-3-2-4-9-15/h2-5,7-9,11,16-18H,6,10,12-13H2,1H3,(H,22,23,25)/t16?,17?,18-/m0/s1. The van der Waals surface area contributed by atoms with Crippen molar-refractivity contribution >= 4 is 17.6 Å². The fourth-order valence-electron chi connectivity index (χ4n) is 3.87. The Hall–Kier alpha value is -2.69. The normalized spacial score (nSPS) is 24.3. The molecular formula is C21H23N3O2. The van der Waals surface area contributed by atoms with E-state index >= 15 is 0 Å². The molecule has 2 aliphatic rings. The number of carbonyl (C=O) groups is 2. The largest absolute Gasteiger partial charge is 0.330 e. The molecule has 134 valence electrons. The maximum absolute atomic E-state index is 12.9. The highest BCUT2D eigenvalue weighted by Gasteiger charge is 2.48. The SMILES string of the molecule is Cc1cccc(NC(=O)[C@@H]2CCCN2C(=O)C2CC2c2ccccc2)n1. The molecule has 3 atom stereocenters. The van der Waals surface area contributed by atoms with E-state index in [2.05, 4.69) is 22.4 Å². The molecule has 26 heavy (non-hydrogen) atoms. The molecule has 0 radical (unpaired) electrons. The number of benzene rings is 1. The van der Waals surface area contributed by atoms with Crippen LogP contribution in [0.4, 0.5) is 5.82 Å². The number of hydrogen-bond acceptors (Lipinski definition) is 3. The van der Waals surface area contributed by atoms with E-state index in [-0.39, 0.29) is 23.8 Å². The van der Waals surface area contributed by atoms with Crippen molar-refractivity contribution in [2.24, 2.45) is 5.92 Å². The summed E-state index contributed by atoms with van der Waals surface area (Å²) in [6.07, 6.45) is 2.47. The Balaban J connectivity index is 1.42. The van der Waals surface area contributed by atoms with Crippen LogP contribution in [0.1, 0.15) is 36.4 Å². The molecule has 2 unspecified atom stereocenters. The Morgan fingerprint density at radius 1 is 1.12 bits per heavy atom. The quantitative estimate of drug-likeness (QED) is 0.922. The van der Waals surface area contributed by atoms with Crippen molar-refractivity contribution in [3.05, 3.63) is 59.8 Å². The summed E-state index contributed by atoms with van der Waals surface area (Å²) in [6.45, 7) is 2.55. The van der Waals surface area contributed by atoms with Crippen LogP contribution in [0.2, 0.25) is 0 Å². The first-order valence-electron chi connectivity index (χ1n) is 9.23. The molecule has 5 nitrogen and oxygen atoms in total. The number of anilines is 1. The highest BCUT2D eigenvalue weighted by molar-refractivity contribution is 5.97. The zero-order chi connectivity index (χ0) is 18.1. The van der Waals surface area contributed by atoms with Crippen LogP contribution in [0.5, 0.6) is 0 Å². The van der Waals surface area contributed by atoms with Gasteiger partial charge in [0.2, 0.25) is 11.8 Å². The van der Waals surface area contributed by atoms with E-state index in [0.717, 1.165) is 18.5 Å². The summed E-state index contributed by atoms with van der Waals surface area (Å²) >= 11 is 0. The number of nitrogens with one attached hydrogen (secondary N) is 1. The second-order valence-corrected chi connectivity index (χ2v) is 7.20. The predicted molar refractivity (Wildman–Crippen MR) is 99.6 cm³/mol. The van der Waals surface area contributed by atoms with Gasteiger partial charge in [-0.2, -0.15) is 0 Å². The zero-order valence-corrected chi connectivity index (χ0v) is 14.9. The summed E-state index contributed by atoms with van der Waals surface area (Å²) in [5, 5.41) is 2.87. The fraction of sp³-hybridized carbons (Fsp3) is 0.381. The number of likely N-dealkylation sites (tertiary alicyclic amines) is 1. The molecule has 1 aliphatic carbocycles. The highest BCUT2D eigenvalue weighted by Crippen LogP contribution is 2.49. The van der Waals surface area contributed by atoms with Gasteiger partial charge in [0.1, 0.15) is 11.9 Å². The van der Waals surface area contributed by atoms with Crippen LogP contribution in [0.25, 0.3) is 0 Å². The van der Waals surface area contributed by atoms with Gasteiger partial charge < -0.3 is 10.2 Å². The molecule has 1 saturated carbocycles. The first-order chi connectivity index (χ1) is 12.6. The van der Waals surface area contributed by atoms with Crippen LogP contribution < -0.4 is 5.32 Å².